The van der Waals surface area contributed by atoms with Crippen molar-refractivity contribution in [3.63, 3.8) is 0 Å². The van der Waals surface area contributed by atoms with Crippen molar-refractivity contribution in [1.29, 1.82) is 0 Å². The molecular weight excluding hydrogens is 463 g/mol. The summed E-state index contributed by atoms with van der Waals surface area (Å²) in [5, 5.41) is 0. The van der Waals surface area contributed by atoms with Crippen LogP contribution in [0.4, 0.5) is 5.82 Å². The summed E-state index contributed by atoms with van der Waals surface area (Å²) in [6, 6.07) is 0. The number of aromatic nitrogens is 4. The van der Waals surface area contributed by atoms with E-state index in [2.05, 4.69) is 40.7 Å². The van der Waals surface area contributed by atoms with E-state index < -0.39 is 13.9 Å². The predicted molar refractivity (Wildman–Crippen MR) is 127 cm³/mol. The molecule has 4 atom stereocenters. The third-order valence-corrected chi connectivity index (χ3v) is 6.42. The lowest BCUT2D eigenvalue weighted by Gasteiger charge is -2.18. The molecule has 2 aromatic heterocycles. The lowest BCUT2D eigenvalue weighted by molar-refractivity contribution is -0.116. The van der Waals surface area contributed by atoms with Crippen LogP contribution in [0.15, 0.2) is 17.6 Å². The van der Waals surface area contributed by atoms with Gasteiger partial charge in [0.25, 0.3) is 0 Å². The molecule has 13 heteroatoms. The van der Waals surface area contributed by atoms with Gasteiger partial charge in [0.05, 0.1) is 45.1 Å². The van der Waals surface area contributed by atoms with E-state index in [1.165, 1.54) is 6.33 Å². The van der Waals surface area contributed by atoms with Crippen molar-refractivity contribution in [2.75, 3.05) is 39.3 Å². The van der Waals surface area contributed by atoms with Crippen molar-refractivity contribution in [2.24, 2.45) is 10.9 Å². The van der Waals surface area contributed by atoms with Crippen LogP contribution in [0.5, 0.6) is 0 Å². The molecule has 1 saturated heterocycles. The summed E-state index contributed by atoms with van der Waals surface area (Å²) < 4.78 is 35.7. The van der Waals surface area contributed by atoms with Crippen LogP contribution in [-0.2, 0) is 29.8 Å². The maximum absolute atomic E-state index is 12.3. The molecule has 1 aliphatic heterocycles. The molecule has 12 nitrogen and oxygen atoms in total. The highest BCUT2D eigenvalue weighted by atomic mass is 31.2. The molecule has 34 heavy (non-hydrogen) atoms. The first kappa shape index (κ1) is 26.7. The SMILES string of the molecule is CCN(/C=N/c1ncnc2c1ncn2C[C@@H](C)OCP(=O)(O)OCCOC1C[C@@H](C)CO1)CC. The Bertz CT molecular complexity index is 984. The van der Waals surface area contributed by atoms with Crippen molar-refractivity contribution in [2.45, 2.75) is 53.1 Å². The molecule has 1 N–H and O–H groups in total. The number of fused-ring (bicyclic) bond motifs is 1. The lowest BCUT2D eigenvalue weighted by atomic mass is 10.1. The minimum absolute atomic E-state index is 0.0143. The van der Waals surface area contributed by atoms with Crippen LogP contribution in [0.25, 0.3) is 11.2 Å². The van der Waals surface area contributed by atoms with E-state index in [1.54, 1.807) is 24.2 Å². The Kier molecular flexibility index (Phi) is 9.93. The van der Waals surface area contributed by atoms with Crippen LogP contribution in [0.1, 0.15) is 34.1 Å². The Morgan fingerprint density at radius 2 is 2.15 bits per heavy atom. The maximum atomic E-state index is 12.3. The van der Waals surface area contributed by atoms with Gasteiger partial charge in [-0.1, -0.05) is 6.92 Å². The molecule has 3 heterocycles. The molecule has 2 aromatic rings. The Labute approximate surface area is 199 Å². The van der Waals surface area contributed by atoms with E-state index in [4.69, 9.17) is 18.7 Å². The topological polar surface area (TPSA) is 133 Å². The summed E-state index contributed by atoms with van der Waals surface area (Å²) in [6.45, 7) is 10.9. The van der Waals surface area contributed by atoms with E-state index in [1.807, 2.05) is 4.90 Å². The third-order valence-electron chi connectivity index (χ3n) is 5.36. The number of nitrogens with zero attached hydrogens (tertiary/aromatic N) is 6. The van der Waals surface area contributed by atoms with Gasteiger partial charge in [-0.15, -0.1) is 0 Å². The summed E-state index contributed by atoms with van der Waals surface area (Å²) in [4.78, 5) is 29.5. The van der Waals surface area contributed by atoms with E-state index in [0.29, 0.717) is 36.1 Å². The summed E-state index contributed by atoms with van der Waals surface area (Å²) in [5.74, 6) is 0.938. The van der Waals surface area contributed by atoms with Crippen LogP contribution >= 0.6 is 7.60 Å². The third kappa shape index (κ3) is 7.79. The van der Waals surface area contributed by atoms with Crippen molar-refractivity contribution in [3.8, 4) is 0 Å². The first-order valence-corrected chi connectivity index (χ1v) is 13.3. The van der Waals surface area contributed by atoms with Crippen LogP contribution in [-0.4, -0.2) is 87.3 Å². The van der Waals surface area contributed by atoms with Gasteiger partial charge >= 0.3 is 7.60 Å². The summed E-state index contributed by atoms with van der Waals surface area (Å²) in [7, 11) is -3.91. The molecule has 0 spiro atoms. The number of ether oxygens (including phenoxy) is 3. The fraction of sp³-hybridized carbons (Fsp3) is 0.714. The highest BCUT2D eigenvalue weighted by Crippen LogP contribution is 2.42. The predicted octanol–water partition coefficient (Wildman–Crippen LogP) is 2.79. The number of aliphatic imine (C=N–C) groups is 1. The van der Waals surface area contributed by atoms with E-state index in [0.717, 1.165) is 19.5 Å². The zero-order valence-corrected chi connectivity index (χ0v) is 21.1. The number of rotatable bonds is 14. The van der Waals surface area contributed by atoms with E-state index in [9.17, 15) is 9.46 Å². The number of imidazole rings is 1. The molecule has 1 aliphatic rings. The zero-order valence-electron chi connectivity index (χ0n) is 20.2. The molecule has 0 bridgehead atoms. The summed E-state index contributed by atoms with van der Waals surface area (Å²) >= 11 is 0. The van der Waals surface area contributed by atoms with Gasteiger partial charge in [0.2, 0.25) is 0 Å². The van der Waals surface area contributed by atoms with Crippen molar-refractivity contribution in [3.05, 3.63) is 12.7 Å². The Balaban J connectivity index is 1.47. The monoisotopic (exact) mass is 498 g/mol. The number of hydrogen-bond donors (Lipinski definition) is 1. The molecule has 0 saturated carbocycles. The zero-order chi connectivity index (χ0) is 24.6. The molecule has 190 valence electrons. The lowest BCUT2D eigenvalue weighted by Crippen LogP contribution is -2.20. The summed E-state index contributed by atoms with van der Waals surface area (Å²) in [6.07, 6.45) is 4.55. The average molecular weight is 499 g/mol. The van der Waals surface area contributed by atoms with Gasteiger partial charge < -0.3 is 33.1 Å². The molecule has 2 unspecified atom stereocenters. The van der Waals surface area contributed by atoms with Crippen molar-refractivity contribution in [1.82, 2.24) is 24.4 Å². The molecule has 0 aliphatic carbocycles. The largest absolute Gasteiger partial charge is 0.364 e. The van der Waals surface area contributed by atoms with Gasteiger partial charge in [-0.3, -0.25) is 4.57 Å². The second-order valence-electron chi connectivity index (χ2n) is 8.28. The first-order valence-electron chi connectivity index (χ1n) is 11.6. The van der Waals surface area contributed by atoms with E-state index in [-0.39, 0.29) is 25.6 Å². The standard InChI is InChI=1S/C21H35N6O6P/c1-5-26(6-2)13-25-20-19-21(23-12-22-20)27(14-24-19)10-17(4)32-15-34(28,29)33-8-7-30-18-9-16(3)11-31-18/h12-14,16-18H,5-11,15H2,1-4H3,(H,28,29)/b25-13+/t16-,17-,18?/m1/s1. The fourth-order valence-electron chi connectivity index (χ4n) is 3.42. The maximum Gasteiger partial charge on any atom is 0.353 e. The molecule has 0 aromatic carbocycles. The average Bonchev–Trinajstić information content (AvgIpc) is 3.42. The van der Waals surface area contributed by atoms with Gasteiger partial charge in [-0.25, -0.2) is 19.9 Å². The second kappa shape index (κ2) is 12.7. The molecule has 3 rings (SSSR count). The number of hydrogen-bond acceptors (Lipinski definition) is 9. The quantitative estimate of drug-likeness (QED) is 0.179. The minimum atomic E-state index is -3.91. The minimum Gasteiger partial charge on any atom is -0.364 e. The van der Waals surface area contributed by atoms with Gasteiger partial charge in [-0.05, 0) is 26.7 Å². The van der Waals surface area contributed by atoms with Gasteiger partial charge in [0.15, 0.2) is 23.3 Å². The first-order chi connectivity index (χ1) is 16.3. The van der Waals surface area contributed by atoms with Crippen LogP contribution < -0.4 is 0 Å². The second-order valence-corrected chi connectivity index (χ2v) is 10.1. The smallest absolute Gasteiger partial charge is 0.353 e. The van der Waals surface area contributed by atoms with Crippen LogP contribution in [0.2, 0.25) is 0 Å². The van der Waals surface area contributed by atoms with E-state index >= 15 is 0 Å². The van der Waals surface area contributed by atoms with Crippen LogP contribution in [0.3, 0.4) is 0 Å². The van der Waals surface area contributed by atoms with Crippen molar-refractivity contribution < 1.29 is 28.2 Å². The molecule has 0 radical (unpaired) electrons. The van der Waals surface area contributed by atoms with Crippen molar-refractivity contribution >= 4 is 30.9 Å². The summed E-state index contributed by atoms with van der Waals surface area (Å²) in [5.41, 5.74) is 1.19. The van der Waals surface area contributed by atoms with Gasteiger partial charge in [-0.2, -0.15) is 0 Å². The Hall–Kier alpha value is -1.95. The highest BCUT2D eigenvalue weighted by molar-refractivity contribution is 7.52. The fourth-order valence-corrected chi connectivity index (χ4v) is 4.30. The highest BCUT2D eigenvalue weighted by Gasteiger charge is 2.24. The Morgan fingerprint density at radius 1 is 1.35 bits per heavy atom. The Morgan fingerprint density at radius 3 is 2.85 bits per heavy atom. The van der Waals surface area contributed by atoms with Crippen LogP contribution in [0, 0.1) is 5.92 Å². The molecular formula is C21H35N6O6P. The molecule has 0 amide bonds. The molecule has 1 fully saturated rings. The van der Waals surface area contributed by atoms with Gasteiger partial charge in [0.1, 0.15) is 12.7 Å². The van der Waals surface area contributed by atoms with Gasteiger partial charge in [0, 0.05) is 19.5 Å². The normalized spacial score (nSPS) is 21.3.